The first kappa shape index (κ1) is 25.0. The highest BCUT2D eigenvalue weighted by atomic mass is 32.2. The van der Waals surface area contributed by atoms with Crippen molar-refractivity contribution in [1.82, 2.24) is 4.90 Å². The van der Waals surface area contributed by atoms with Crippen LogP contribution in [0.5, 0.6) is 5.75 Å². The second-order valence-electron chi connectivity index (χ2n) is 7.93. The topological polar surface area (TPSA) is 97.3 Å². The molecule has 36 heavy (non-hydrogen) atoms. The monoisotopic (exact) mass is 503 g/mol. The van der Waals surface area contributed by atoms with E-state index in [0.717, 1.165) is 5.56 Å². The molecule has 9 heteroatoms. The van der Waals surface area contributed by atoms with Crippen molar-refractivity contribution in [3.63, 3.8) is 0 Å². The molecule has 1 aliphatic rings. The van der Waals surface area contributed by atoms with Gasteiger partial charge in [-0.3, -0.25) is 14.5 Å². The Hall–Kier alpha value is -4.11. The van der Waals surface area contributed by atoms with Crippen LogP contribution in [0.15, 0.2) is 83.9 Å². The first-order chi connectivity index (χ1) is 17.5. The van der Waals surface area contributed by atoms with Gasteiger partial charge in [-0.05, 0) is 54.1 Å². The summed E-state index contributed by atoms with van der Waals surface area (Å²) >= 11 is 1.24. The van der Waals surface area contributed by atoms with Crippen LogP contribution in [0.4, 0.5) is 11.4 Å². The molecule has 1 aliphatic heterocycles. The maximum Gasteiger partial charge on any atom is 0.337 e. The predicted molar refractivity (Wildman–Crippen MR) is 139 cm³/mol. The lowest BCUT2D eigenvalue weighted by Gasteiger charge is -2.32. The standard InChI is InChI=1S/C27H25N3O5S/c1-34-22-14-12-21(13-15-22)29-27-30(17-18-6-4-3-5-7-18)24(31)16-23(36-27)25(32)28-20-10-8-19(9-11-20)26(33)35-2/h3-15,23H,16-17H2,1-2H3,(H,28,32)/t23-/m0/s1. The fourth-order valence-electron chi connectivity index (χ4n) is 3.56. The molecule has 4 rings (SSSR count). The number of benzene rings is 3. The number of nitrogens with one attached hydrogen (secondary N) is 1. The number of nitrogens with zero attached hydrogens (tertiary/aromatic N) is 2. The highest BCUT2D eigenvalue weighted by Crippen LogP contribution is 2.31. The highest BCUT2D eigenvalue weighted by molar-refractivity contribution is 8.15. The number of thioether (sulfide) groups is 1. The summed E-state index contributed by atoms with van der Waals surface area (Å²) in [5, 5.41) is 2.61. The van der Waals surface area contributed by atoms with Gasteiger partial charge in [-0.15, -0.1) is 0 Å². The van der Waals surface area contributed by atoms with Crippen LogP contribution in [0, 0.1) is 0 Å². The van der Waals surface area contributed by atoms with Crippen LogP contribution in [0.1, 0.15) is 22.3 Å². The molecule has 0 spiro atoms. The van der Waals surface area contributed by atoms with Gasteiger partial charge in [-0.1, -0.05) is 42.1 Å². The first-order valence-corrected chi connectivity index (χ1v) is 12.1. The molecular formula is C27H25N3O5S. The molecule has 184 valence electrons. The molecule has 8 nitrogen and oxygen atoms in total. The molecule has 2 amide bonds. The van der Waals surface area contributed by atoms with E-state index in [1.165, 1.54) is 18.9 Å². The van der Waals surface area contributed by atoms with Gasteiger partial charge in [-0.25, -0.2) is 9.79 Å². The highest BCUT2D eigenvalue weighted by Gasteiger charge is 2.36. The van der Waals surface area contributed by atoms with E-state index in [-0.39, 0.29) is 18.2 Å². The van der Waals surface area contributed by atoms with Gasteiger partial charge in [-0.2, -0.15) is 0 Å². The van der Waals surface area contributed by atoms with Gasteiger partial charge in [0.05, 0.1) is 32.0 Å². The second kappa shape index (κ2) is 11.5. The summed E-state index contributed by atoms with van der Waals surface area (Å²) < 4.78 is 9.91. The molecule has 3 aromatic rings. The van der Waals surface area contributed by atoms with E-state index in [4.69, 9.17) is 14.5 Å². The van der Waals surface area contributed by atoms with Crippen molar-refractivity contribution in [2.24, 2.45) is 4.99 Å². The van der Waals surface area contributed by atoms with Gasteiger partial charge < -0.3 is 14.8 Å². The van der Waals surface area contributed by atoms with Gasteiger partial charge in [0.1, 0.15) is 11.0 Å². The minimum absolute atomic E-state index is 0.0329. The number of methoxy groups -OCH3 is 2. The van der Waals surface area contributed by atoms with Gasteiger partial charge in [0.2, 0.25) is 11.8 Å². The van der Waals surface area contributed by atoms with E-state index in [1.54, 1.807) is 60.5 Å². The Morgan fingerprint density at radius 3 is 2.33 bits per heavy atom. The van der Waals surface area contributed by atoms with Crippen molar-refractivity contribution in [2.75, 3.05) is 19.5 Å². The van der Waals surface area contributed by atoms with E-state index in [9.17, 15) is 14.4 Å². The lowest BCUT2D eigenvalue weighted by molar-refractivity contribution is -0.129. The molecule has 1 fully saturated rings. The average Bonchev–Trinajstić information content (AvgIpc) is 2.91. The Bertz CT molecular complexity index is 1260. The number of amides is 2. The molecule has 0 radical (unpaired) electrons. The molecule has 1 N–H and O–H groups in total. The summed E-state index contributed by atoms with van der Waals surface area (Å²) in [4.78, 5) is 44.2. The Kier molecular flexibility index (Phi) is 8.02. The molecular weight excluding hydrogens is 478 g/mol. The summed E-state index contributed by atoms with van der Waals surface area (Å²) in [6, 6.07) is 23.2. The minimum atomic E-state index is -0.665. The maximum absolute atomic E-state index is 13.2. The van der Waals surface area contributed by atoms with Crippen molar-refractivity contribution >= 4 is 46.1 Å². The average molecular weight is 504 g/mol. The van der Waals surface area contributed by atoms with E-state index in [0.29, 0.717) is 34.4 Å². The number of amidine groups is 1. The third-order valence-corrected chi connectivity index (χ3v) is 6.67. The van der Waals surface area contributed by atoms with Crippen LogP contribution in [0.25, 0.3) is 0 Å². The van der Waals surface area contributed by atoms with Crippen molar-refractivity contribution in [1.29, 1.82) is 0 Å². The molecule has 1 heterocycles. The number of ether oxygens (including phenoxy) is 2. The predicted octanol–water partition coefficient (Wildman–Crippen LogP) is 4.64. The summed E-state index contributed by atoms with van der Waals surface area (Å²) in [6.45, 7) is 0.352. The normalized spacial score (nSPS) is 16.5. The van der Waals surface area contributed by atoms with Gasteiger partial charge >= 0.3 is 5.97 Å². The quantitative estimate of drug-likeness (QED) is 0.472. The fourth-order valence-corrected chi connectivity index (χ4v) is 4.66. The van der Waals surface area contributed by atoms with Gasteiger partial charge in [0.15, 0.2) is 5.17 Å². The van der Waals surface area contributed by atoms with Crippen LogP contribution >= 0.6 is 11.8 Å². The first-order valence-electron chi connectivity index (χ1n) is 11.2. The lowest BCUT2D eigenvalue weighted by Crippen LogP contribution is -2.44. The van der Waals surface area contributed by atoms with Crippen molar-refractivity contribution in [2.45, 2.75) is 18.2 Å². The van der Waals surface area contributed by atoms with E-state index >= 15 is 0 Å². The Labute approximate surface area is 213 Å². The maximum atomic E-state index is 13.2. The van der Waals surface area contributed by atoms with Crippen LogP contribution in [-0.2, 0) is 20.9 Å². The number of aliphatic imine (C=N–C) groups is 1. The van der Waals surface area contributed by atoms with Crippen molar-refractivity contribution < 1.29 is 23.9 Å². The Morgan fingerprint density at radius 2 is 1.69 bits per heavy atom. The number of esters is 1. The van der Waals surface area contributed by atoms with E-state index in [2.05, 4.69) is 5.32 Å². The number of anilines is 1. The molecule has 0 aromatic heterocycles. The number of rotatable bonds is 7. The SMILES string of the molecule is COC(=O)c1ccc(NC(=O)[C@@H]2CC(=O)N(Cc3ccccc3)C(=Nc3ccc(OC)cc3)S2)cc1. The number of hydrogen-bond donors (Lipinski definition) is 1. The summed E-state index contributed by atoms with van der Waals surface area (Å²) in [5.74, 6) is -0.269. The second-order valence-corrected chi connectivity index (χ2v) is 9.10. The van der Waals surface area contributed by atoms with E-state index < -0.39 is 11.2 Å². The molecule has 3 aromatic carbocycles. The van der Waals surface area contributed by atoms with Crippen molar-refractivity contribution in [3.8, 4) is 5.75 Å². The number of carbonyl (C=O) groups is 3. The minimum Gasteiger partial charge on any atom is -0.497 e. The van der Waals surface area contributed by atoms with Crippen LogP contribution < -0.4 is 10.1 Å². The molecule has 0 unspecified atom stereocenters. The molecule has 0 saturated carbocycles. The zero-order chi connectivity index (χ0) is 25.5. The zero-order valence-electron chi connectivity index (χ0n) is 19.8. The van der Waals surface area contributed by atoms with Crippen LogP contribution in [-0.4, -0.2) is 47.3 Å². The summed E-state index contributed by atoms with van der Waals surface area (Å²) in [6.07, 6.45) is 0.0329. The van der Waals surface area contributed by atoms with Crippen molar-refractivity contribution in [3.05, 3.63) is 90.0 Å². The Morgan fingerprint density at radius 1 is 1.00 bits per heavy atom. The Balaban J connectivity index is 1.55. The van der Waals surface area contributed by atoms with Gasteiger partial charge in [0.25, 0.3) is 0 Å². The third kappa shape index (κ3) is 6.11. The summed E-state index contributed by atoms with van der Waals surface area (Å²) in [5.41, 5.74) is 2.50. The largest absolute Gasteiger partial charge is 0.497 e. The number of carbonyl (C=O) groups excluding carboxylic acids is 3. The molecule has 1 atom stereocenters. The lowest BCUT2D eigenvalue weighted by atomic mass is 10.2. The fraction of sp³-hybridized carbons (Fsp3) is 0.185. The summed E-state index contributed by atoms with van der Waals surface area (Å²) in [7, 11) is 2.89. The van der Waals surface area contributed by atoms with E-state index in [1.807, 2.05) is 30.3 Å². The van der Waals surface area contributed by atoms with Gasteiger partial charge in [0, 0.05) is 12.1 Å². The zero-order valence-corrected chi connectivity index (χ0v) is 20.7. The molecule has 0 bridgehead atoms. The third-order valence-electron chi connectivity index (χ3n) is 5.49. The van der Waals surface area contributed by atoms with Crippen LogP contribution in [0.2, 0.25) is 0 Å². The smallest absolute Gasteiger partial charge is 0.337 e. The molecule has 0 aliphatic carbocycles. The van der Waals surface area contributed by atoms with Crippen LogP contribution in [0.3, 0.4) is 0 Å². The number of hydrogen-bond acceptors (Lipinski definition) is 7. The molecule has 1 saturated heterocycles.